The molecule has 0 N–H and O–H groups in total. The lowest BCUT2D eigenvalue weighted by Gasteiger charge is -2.36. The molecule has 170 valence electrons. The second-order valence-corrected chi connectivity index (χ2v) is 19.9. The predicted octanol–water partition coefficient (Wildman–Crippen LogP) is 7.06. The van der Waals surface area contributed by atoms with Gasteiger partial charge >= 0.3 is 0 Å². The molecule has 0 bridgehead atoms. The largest absolute Gasteiger partial charge is 0.412 e. The molecule has 0 saturated carbocycles. The molecule has 0 unspecified atom stereocenters. The van der Waals surface area contributed by atoms with Gasteiger partial charge in [-0.25, -0.2) is 0 Å². The van der Waals surface area contributed by atoms with Gasteiger partial charge in [-0.2, -0.15) is 0 Å². The summed E-state index contributed by atoms with van der Waals surface area (Å²) in [6.45, 7) is 21.3. The first-order valence-corrected chi connectivity index (χ1v) is 18.9. The van der Waals surface area contributed by atoms with Crippen LogP contribution in [0.2, 0.25) is 39.3 Å². The minimum Gasteiger partial charge on any atom is -0.412 e. The van der Waals surface area contributed by atoms with E-state index >= 15 is 0 Å². The maximum atomic E-state index is 6.16. The molecule has 0 amide bonds. The van der Waals surface area contributed by atoms with Crippen molar-refractivity contribution in [1.82, 2.24) is 0 Å². The van der Waals surface area contributed by atoms with Crippen molar-refractivity contribution in [2.24, 2.45) is 0 Å². The van der Waals surface area contributed by atoms with Gasteiger partial charge < -0.3 is 13.3 Å². The minimum atomic E-state index is -1.42. The van der Waals surface area contributed by atoms with Crippen LogP contribution in [-0.4, -0.2) is 61.0 Å². The highest BCUT2D eigenvalue weighted by Crippen LogP contribution is 2.14. The quantitative estimate of drug-likeness (QED) is 0.124. The van der Waals surface area contributed by atoms with E-state index in [0.717, 1.165) is 30.8 Å². The van der Waals surface area contributed by atoms with Crippen molar-refractivity contribution in [3.63, 3.8) is 0 Å². The first kappa shape index (κ1) is 28.3. The molecular formula is C23H54NO2Si2+. The van der Waals surface area contributed by atoms with E-state index in [2.05, 4.69) is 53.3 Å². The molecule has 0 aromatic rings. The Morgan fingerprint density at radius 1 is 0.536 bits per heavy atom. The lowest BCUT2D eigenvalue weighted by molar-refractivity contribution is -0.910. The zero-order chi connectivity index (χ0) is 21.5. The smallest absolute Gasteiger partial charge is 0.184 e. The number of quaternary nitrogens is 1. The van der Waals surface area contributed by atoms with Crippen LogP contribution >= 0.6 is 0 Å². The Morgan fingerprint density at radius 3 is 1.25 bits per heavy atom. The summed E-state index contributed by atoms with van der Waals surface area (Å²) in [5.74, 6) is 0. The van der Waals surface area contributed by atoms with E-state index < -0.39 is 16.6 Å². The molecule has 3 nitrogen and oxygen atoms in total. The van der Waals surface area contributed by atoms with Crippen molar-refractivity contribution in [2.75, 3.05) is 39.9 Å². The Morgan fingerprint density at radius 2 is 0.893 bits per heavy atom. The first-order valence-electron chi connectivity index (χ1n) is 12.1. The average Bonchev–Trinajstić information content (AvgIpc) is 2.54. The maximum Gasteiger partial charge on any atom is 0.184 e. The third-order valence-corrected chi connectivity index (χ3v) is 7.52. The summed E-state index contributed by atoms with van der Waals surface area (Å²) in [6.07, 6.45) is 14.1. The molecule has 0 saturated heterocycles. The van der Waals surface area contributed by atoms with Crippen LogP contribution in [0, 0.1) is 0 Å². The van der Waals surface area contributed by atoms with Gasteiger partial charge in [0.1, 0.15) is 13.1 Å². The van der Waals surface area contributed by atoms with E-state index in [1.54, 1.807) is 0 Å². The van der Waals surface area contributed by atoms with E-state index in [-0.39, 0.29) is 0 Å². The van der Waals surface area contributed by atoms with Crippen LogP contribution in [-0.2, 0) is 8.85 Å². The summed E-state index contributed by atoms with van der Waals surface area (Å²) in [6, 6.07) is 0. The summed E-state index contributed by atoms with van der Waals surface area (Å²) in [5, 5.41) is 0. The lowest BCUT2D eigenvalue weighted by Crippen LogP contribution is -2.50. The molecule has 0 atom stereocenters. The van der Waals surface area contributed by atoms with Gasteiger partial charge in [0.15, 0.2) is 16.6 Å². The highest BCUT2D eigenvalue weighted by Gasteiger charge is 2.24. The Labute approximate surface area is 180 Å². The molecule has 0 rings (SSSR count). The van der Waals surface area contributed by atoms with Crippen molar-refractivity contribution in [3.05, 3.63) is 0 Å². The molecule has 0 radical (unpaired) electrons. The number of likely N-dealkylation sites (N-methyl/N-ethyl adjacent to an activating group) is 1. The molecule has 0 spiro atoms. The molecule has 0 aromatic heterocycles. The first-order chi connectivity index (χ1) is 13.0. The molecular weight excluding hydrogens is 378 g/mol. The van der Waals surface area contributed by atoms with Gasteiger partial charge in [0, 0.05) is 0 Å². The Hall–Kier alpha value is 0.314. The second-order valence-electron chi connectivity index (χ2n) is 10.9. The van der Waals surface area contributed by atoms with Crippen molar-refractivity contribution >= 4 is 16.6 Å². The number of unbranched alkanes of at least 4 members (excludes halogenated alkanes) is 9. The Bertz CT molecular complexity index is 345. The summed E-state index contributed by atoms with van der Waals surface area (Å²) in [4.78, 5) is 0. The number of hydrogen-bond donors (Lipinski definition) is 0. The molecule has 0 fully saturated rings. The fourth-order valence-electron chi connectivity index (χ4n) is 3.46. The number of hydrogen-bond acceptors (Lipinski definition) is 2. The van der Waals surface area contributed by atoms with Crippen molar-refractivity contribution in [2.45, 2.75) is 110 Å². The maximum absolute atomic E-state index is 6.16. The molecule has 28 heavy (non-hydrogen) atoms. The van der Waals surface area contributed by atoms with E-state index in [9.17, 15) is 0 Å². The van der Waals surface area contributed by atoms with Crippen LogP contribution < -0.4 is 0 Å². The summed E-state index contributed by atoms with van der Waals surface area (Å²) >= 11 is 0. The molecule has 5 heteroatoms. The summed E-state index contributed by atoms with van der Waals surface area (Å²) < 4.78 is 13.4. The summed E-state index contributed by atoms with van der Waals surface area (Å²) in [7, 11) is -0.425. The normalized spacial score (nSPS) is 13.3. The van der Waals surface area contributed by atoms with Gasteiger partial charge in [-0.15, -0.1) is 0 Å². The van der Waals surface area contributed by atoms with E-state index in [1.165, 1.54) is 70.8 Å². The molecule has 0 aliphatic rings. The molecule has 0 heterocycles. The average molecular weight is 433 g/mol. The van der Waals surface area contributed by atoms with Crippen molar-refractivity contribution in [1.29, 1.82) is 0 Å². The highest BCUT2D eigenvalue weighted by atomic mass is 28.4. The van der Waals surface area contributed by atoms with E-state index in [0.29, 0.717) is 0 Å². The fourth-order valence-corrected chi connectivity index (χ4v) is 4.87. The molecule has 0 aliphatic carbocycles. The Balaban J connectivity index is 4.11. The van der Waals surface area contributed by atoms with Gasteiger partial charge in [-0.05, 0) is 52.1 Å². The van der Waals surface area contributed by atoms with Crippen LogP contribution in [0.4, 0.5) is 0 Å². The summed E-state index contributed by atoms with van der Waals surface area (Å²) in [5.41, 5.74) is 0. The van der Waals surface area contributed by atoms with Crippen LogP contribution in [0.1, 0.15) is 71.1 Å². The lowest BCUT2D eigenvalue weighted by atomic mass is 10.1. The van der Waals surface area contributed by atoms with Crippen LogP contribution in [0.5, 0.6) is 0 Å². The topological polar surface area (TPSA) is 18.5 Å². The van der Waals surface area contributed by atoms with Crippen LogP contribution in [0.3, 0.4) is 0 Å². The second kappa shape index (κ2) is 15.2. The molecule has 0 aromatic carbocycles. The van der Waals surface area contributed by atoms with E-state index in [1.807, 2.05) is 0 Å². The van der Waals surface area contributed by atoms with E-state index in [4.69, 9.17) is 8.85 Å². The zero-order valence-corrected chi connectivity index (χ0v) is 22.9. The SMILES string of the molecule is CCCCCCCCCCCC[N+](C)(CCO[Si](C)(C)C)CCO[Si](C)(C)C. The van der Waals surface area contributed by atoms with Gasteiger partial charge in [-0.1, -0.05) is 58.3 Å². The van der Waals surface area contributed by atoms with Crippen molar-refractivity contribution < 1.29 is 13.3 Å². The minimum absolute atomic E-state index is 0.900. The van der Waals surface area contributed by atoms with Gasteiger partial charge in [-0.3, -0.25) is 0 Å². The molecule has 0 aliphatic heterocycles. The van der Waals surface area contributed by atoms with Crippen LogP contribution in [0.25, 0.3) is 0 Å². The number of rotatable bonds is 19. The van der Waals surface area contributed by atoms with Gasteiger partial charge in [0.05, 0.1) is 26.8 Å². The monoisotopic (exact) mass is 432 g/mol. The van der Waals surface area contributed by atoms with Gasteiger partial charge in [0.2, 0.25) is 0 Å². The number of nitrogens with zero attached hydrogens (tertiary/aromatic N) is 1. The fraction of sp³-hybridized carbons (Fsp3) is 1.00. The zero-order valence-electron chi connectivity index (χ0n) is 20.9. The standard InChI is InChI=1S/C23H54NO2Si2/c1-9-10-11-12-13-14-15-16-17-18-19-24(2,20-22-25-27(3,4)5)21-23-26-28(6,7)8/h9-23H2,1-8H3/q+1. The van der Waals surface area contributed by atoms with Crippen molar-refractivity contribution in [3.8, 4) is 0 Å². The Kier molecular flexibility index (Phi) is 15.3. The van der Waals surface area contributed by atoms with Gasteiger partial charge in [0.25, 0.3) is 0 Å². The third-order valence-electron chi connectivity index (χ3n) is 5.38. The third kappa shape index (κ3) is 19.6. The highest BCUT2D eigenvalue weighted by molar-refractivity contribution is 6.70. The predicted molar refractivity (Wildman–Crippen MR) is 131 cm³/mol. The van der Waals surface area contributed by atoms with Crippen LogP contribution in [0.15, 0.2) is 0 Å².